The normalized spacial score (nSPS) is 22.1. The number of ether oxygens (including phenoxy) is 1. The molecule has 0 amide bonds. The van der Waals surface area contributed by atoms with Gasteiger partial charge in [0.05, 0.1) is 0 Å². The van der Waals surface area contributed by atoms with Gasteiger partial charge in [-0.05, 0) is 25.1 Å². The molecule has 0 spiro atoms. The quantitative estimate of drug-likeness (QED) is 0.573. The molecule has 1 aliphatic rings. The summed E-state index contributed by atoms with van der Waals surface area (Å²) in [5, 5.41) is 17.1. The van der Waals surface area contributed by atoms with Crippen LogP contribution in [-0.2, 0) is 15.1 Å². The average molecular weight is 406 g/mol. The van der Waals surface area contributed by atoms with Crippen molar-refractivity contribution in [2.75, 3.05) is 18.4 Å². The number of alkyl halides is 3. The zero-order valence-corrected chi connectivity index (χ0v) is 14.6. The second kappa shape index (κ2) is 8.54. The first-order chi connectivity index (χ1) is 13.0. The van der Waals surface area contributed by atoms with Gasteiger partial charge in [0.1, 0.15) is 23.9 Å². The van der Waals surface area contributed by atoms with Crippen molar-refractivity contribution in [2.45, 2.75) is 24.9 Å². The number of nitrogens with zero attached hydrogens (tertiary/aromatic N) is 1. The summed E-state index contributed by atoms with van der Waals surface area (Å²) in [6.07, 6.45) is -4.09. The lowest BCUT2D eigenvalue weighted by Crippen LogP contribution is -2.53. The first-order valence-electron chi connectivity index (χ1n) is 7.93. The minimum atomic E-state index is -5.08. The van der Waals surface area contributed by atoms with Gasteiger partial charge in [-0.25, -0.2) is 9.18 Å². The molecule has 1 saturated heterocycles. The molecule has 2 atom stereocenters. The minimum Gasteiger partial charge on any atom is -0.475 e. The highest BCUT2D eigenvalue weighted by atomic mass is 19.4. The first-order valence-corrected chi connectivity index (χ1v) is 7.93. The van der Waals surface area contributed by atoms with Gasteiger partial charge in [0.15, 0.2) is 5.82 Å². The maximum absolute atomic E-state index is 14.2. The summed E-state index contributed by atoms with van der Waals surface area (Å²) in [6, 6.07) is 6.41. The molecule has 2 aromatic rings. The van der Waals surface area contributed by atoms with E-state index in [1.54, 1.807) is 18.2 Å². The van der Waals surface area contributed by atoms with Gasteiger partial charge in [0.2, 0.25) is 0 Å². The van der Waals surface area contributed by atoms with Crippen molar-refractivity contribution in [1.29, 1.82) is 0 Å². The first kappa shape index (κ1) is 21.6. The maximum Gasteiger partial charge on any atom is 0.490 e. The molecule has 0 aliphatic carbocycles. The Bertz CT molecular complexity index is 800. The van der Waals surface area contributed by atoms with E-state index in [1.807, 2.05) is 6.92 Å². The van der Waals surface area contributed by atoms with Crippen molar-refractivity contribution in [1.82, 2.24) is 10.5 Å². The third kappa shape index (κ3) is 5.65. The van der Waals surface area contributed by atoms with Gasteiger partial charge in [-0.15, -0.1) is 0 Å². The van der Waals surface area contributed by atoms with Gasteiger partial charge >= 0.3 is 12.1 Å². The number of anilines is 2. The van der Waals surface area contributed by atoms with Crippen molar-refractivity contribution >= 4 is 17.5 Å². The standard InChI is InChI=1S/C14H17FN4O2.C2HF3O2/c1-14(8-17-7-12(16)21-14)10-6-9(2-3-11(10)15)18-13-4-5-20-19-13;3-2(4,5)1(6)7/h2-6,12,17H,7-8,16H2,1H3,(H,18,19);(H,6,7)/t12-,14?;/m1./s1. The van der Waals surface area contributed by atoms with Crippen LogP contribution in [0.3, 0.4) is 0 Å². The van der Waals surface area contributed by atoms with Crippen LogP contribution in [0.15, 0.2) is 35.1 Å². The van der Waals surface area contributed by atoms with Crippen LogP contribution >= 0.6 is 0 Å². The molecule has 1 aromatic carbocycles. The number of morpholine rings is 1. The number of carboxylic acid groups (broad SMARTS) is 1. The number of aliphatic carboxylic acids is 1. The molecule has 5 N–H and O–H groups in total. The Balaban J connectivity index is 0.000000345. The average Bonchev–Trinajstić information content (AvgIpc) is 3.09. The van der Waals surface area contributed by atoms with Gasteiger partial charge in [0.25, 0.3) is 0 Å². The maximum atomic E-state index is 14.2. The smallest absolute Gasteiger partial charge is 0.475 e. The zero-order valence-electron chi connectivity index (χ0n) is 14.6. The number of carboxylic acids is 1. The molecule has 154 valence electrons. The van der Waals surface area contributed by atoms with Crippen LogP contribution in [0.1, 0.15) is 12.5 Å². The Kier molecular flexibility index (Phi) is 6.59. The fraction of sp³-hybridized carbons (Fsp3) is 0.375. The minimum absolute atomic E-state index is 0.334. The lowest BCUT2D eigenvalue weighted by atomic mass is 9.93. The van der Waals surface area contributed by atoms with Gasteiger partial charge in [0, 0.05) is 30.4 Å². The summed E-state index contributed by atoms with van der Waals surface area (Å²) in [5.41, 5.74) is 6.13. The van der Waals surface area contributed by atoms with E-state index < -0.39 is 24.0 Å². The van der Waals surface area contributed by atoms with Crippen molar-refractivity contribution in [2.24, 2.45) is 5.73 Å². The Morgan fingerprint density at radius 2 is 2.11 bits per heavy atom. The van der Waals surface area contributed by atoms with Crippen LogP contribution in [0.4, 0.5) is 29.1 Å². The molecule has 3 rings (SSSR count). The number of nitrogens with one attached hydrogen (secondary N) is 2. The van der Waals surface area contributed by atoms with Crippen LogP contribution < -0.4 is 16.4 Å². The summed E-state index contributed by atoms with van der Waals surface area (Å²) in [4.78, 5) is 8.90. The van der Waals surface area contributed by atoms with Gasteiger partial charge < -0.3 is 30.7 Å². The van der Waals surface area contributed by atoms with Crippen LogP contribution in [0, 0.1) is 5.82 Å². The van der Waals surface area contributed by atoms with Crippen molar-refractivity contribution in [3.8, 4) is 0 Å². The zero-order chi connectivity index (χ0) is 20.9. The van der Waals surface area contributed by atoms with Crippen molar-refractivity contribution in [3.05, 3.63) is 41.9 Å². The van der Waals surface area contributed by atoms with E-state index in [9.17, 15) is 17.6 Å². The third-order valence-corrected chi connectivity index (χ3v) is 3.71. The predicted molar refractivity (Wildman–Crippen MR) is 89.2 cm³/mol. The number of nitrogens with two attached hydrogens (primary N) is 1. The van der Waals surface area contributed by atoms with Gasteiger partial charge in [-0.1, -0.05) is 5.16 Å². The third-order valence-electron chi connectivity index (χ3n) is 3.71. The Labute approximate surface area is 156 Å². The SMILES string of the molecule is CC1(c2cc(Nc3ccon3)ccc2F)CNC[C@H](N)O1.O=C(O)C(F)(F)F. The van der Waals surface area contributed by atoms with Crippen molar-refractivity contribution < 1.29 is 36.7 Å². The molecular formula is C16H18F4N4O4. The molecule has 1 aliphatic heterocycles. The van der Waals surface area contributed by atoms with E-state index in [-0.39, 0.29) is 5.82 Å². The fourth-order valence-corrected chi connectivity index (χ4v) is 2.46. The summed E-state index contributed by atoms with van der Waals surface area (Å²) >= 11 is 0. The molecule has 0 radical (unpaired) electrons. The number of carbonyl (C=O) groups is 1. The Morgan fingerprint density at radius 1 is 1.43 bits per heavy atom. The van der Waals surface area contributed by atoms with Crippen LogP contribution in [0.5, 0.6) is 0 Å². The number of hydrogen-bond donors (Lipinski definition) is 4. The number of hydrogen-bond acceptors (Lipinski definition) is 7. The summed E-state index contributed by atoms with van der Waals surface area (Å²) in [7, 11) is 0. The second-order valence-corrected chi connectivity index (χ2v) is 6.03. The lowest BCUT2D eigenvalue weighted by Gasteiger charge is -2.38. The Hall–Kier alpha value is -2.70. The van der Waals surface area contributed by atoms with E-state index in [0.717, 1.165) is 0 Å². The van der Waals surface area contributed by atoms with Crippen LogP contribution in [0.25, 0.3) is 0 Å². The number of benzene rings is 1. The van der Waals surface area contributed by atoms with E-state index in [1.165, 1.54) is 12.3 Å². The topological polar surface area (TPSA) is 123 Å². The highest BCUT2D eigenvalue weighted by molar-refractivity contribution is 5.73. The fourth-order valence-electron chi connectivity index (χ4n) is 2.46. The largest absolute Gasteiger partial charge is 0.490 e. The monoisotopic (exact) mass is 406 g/mol. The molecule has 28 heavy (non-hydrogen) atoms. The number of aromatic nitrogens is 1. The highest BCUT2D eigenvalue weighted by Gasteiger charge is 2.38. The molecule has 0 bridgehead atoms. The number of halogens is 4. The van der Waals surface area contributed by atoms with Crippen molar-refractivity contribution in [3.63, 3.8) is 0 Å². The molecule has 0 saturated carbocycles. The molecule has 8 nitrogen and oxygen atoms in total. The Morgan fingerprint density at radius 3 is 2.64 bits per heavy atom. The molecule has 1 fully saturated rings. The molecule has 2 heterocycles. The summed E-state index contributed by atoms with van der Waals surface area (Å²) < 4.78 is 56.4. The summed E-state index contributed by atoms with van der Waals surface area (Å²) in [6.45, 7) is 2.86. The second-order valence-electron chi connectivity index (χ2n) is 6.03. The molecule has 1 aromatic heterocycles. The molecule has 1 unspecified atom stereocenters. The van der Waals surface area contributed by atoms with E-state index in [0.29, 0.717) is 30.2 Å². The van der Waals surface area contributed by atoms with E-state index in [2.05, 4.69) is 15.8 Å². The van der Waals surface area contributed by atoms with Crippen LogP contribution in [0.2, 0.25) is 0 Å². The number of rotatable bonds is 3. The van der Waals surface area contributed by atoms with Crippen LogP contribution in [-0.4, -0.2) is 41.7 Å². The van der Waals surface area contributed by atoms with Gasteiger partial charge in [-0.3, -0.25) is 0 Å². The van der Waals surface area contributed by atoms with E-state index in [4.69, 9.17) is 24.9 Å². The summed E-state index contributed by atoms with van der Waals surface area (Å²) in [5.74, 6) is -2.54. The highest BCUT2D eigenvalue weighted by Crippen LogP contribution is 2.32. The lowest BCUT2D eigenvalue weighted by molar-refractivity contribution is -0.192. The van der Waals surface area contributed by atoms with Gasteiger partial charge in [-0.2, -0.15) is 13.2 Å². The van der Waals surface area contributed by atoms with E-state index >= 15 is 0 Å². The predicted octanol–water partition coefficient (Wildman–Crippen LogP) is 2.31. The molecular weight excluding hydrogens is 388 g/mol. The molecule has 12 heteroatoms.